The van der Waals surface area contributed by atoms with Crippen molar-refractivity contribution in [1.29, 1.82) is 0 Å². The first-order chi connectivity index (χ1) is 6.22. The Balaban J connectivity index is 2.13. The lowest BCUT2D eigenvalue weighted by atomic mass is 10.3. The number of likely N-dealkylation sites (N-methyl/N-ethyl adjacent to an activating group) is 1. The van der Waals surface area contributed by atoms with Crippen LogP contribution in [0.3, 0.4) is 0 Å². The third-order valence-corrected chi connectivity index (χ3v) is 2.16. The summed E-state index contributed by atoms with van der Waals surface area (Å²) < 4.78 is 0. The smallest absolute Gasteiger partial charge is 0.315 e. The van der Waals surface area contributed by atoms with Gasteiger partial charge in [0, 0.05) is 25.7 Å². The maximum atomic E-state index is 11.2. The monoisotopic (exact) mass is 186 g/mol. The SMILES string of the molecule is CN1CCC(NC(=O)NCCN)C1. The largest absolute Gasteiger partial charge is 0.337 e. The molecule has 1 aliphatic rings. The predicted molar refractivity (Wildman–Crippen MR) is 51.5 cm³/mol. The van der Waals surface area contributed by atoms with E-state index in [0.717, 1.165) is 19.5 Å². The Hall–Kier alpha value is -0.810. The van der Waals surface area contributed by atoms with E-state index >= 15 is 0 Å². The van der Waals surface area contributed by atoms with Crippen molar-refractivity contribution < 1.29 is 4.79 Å². The van der Waals surface area contributed by atoms with Crippen molar-refractivity contribution in [3.05, 3.63) is 0 Å². The Morgan fingerprint density at radius 1 is 1.69 bits per heavy atom. The first kappa shape index (κ1) is 10.3. The van der Waals surface area contributed by atoms with E-state index in [2.05, 4.69) is 22.6 Å². The van der Waals surface area contributed by atoms with Crippen LogP contribution in [0.5, 0.6) is 0 Å². The molecule has 1 unspecified atom stereocenters. The molecule has 0 spiro atoms. The van der Waals surface area contributed by atoms with Crippen LogP contribution in [-0.4, -0.2) is 50.2 Å². The Bertz CT molecular complexity index is 174. The average Bonchev–Trinajstić information content (AvgIpc) is 2.48. The summed E-state index contributed by atoms with van der Waals surface area (Å²) in [6.45, 7) is 3.02. The van der Waals surface area contributed by atoms with E-state index in [1.54, 1.807) is 0 Å². The molecule has 76 valence electrons. The molecule has 1 rings (SSSR count). The summed E-state index contributed by atoms with van der Waals surface area (Å²) in [6, 6.07) is 0.188. The Morgan fingerprint density at radius 3 is 3.00 bits per heavy atom. The van der Waals surface area contributed by atoms with Crippen molar-refractivity contribution in [2.24, 2.45) is 5.73 Å². The normalized spacial score (nSPS) is 23.1. The van der Waals surface area contributed by atoms with Gasteiger partial charge >= 0.3 is 6.03 Å². The zero-order chi connectivity index (χ0) is 9.68. The van der Waals surface area contributed by atoms with Crippen LogP contribution in [0, 0.1) is 0 Å². The molecule has 0 bridgehead atoms. The van der Waals surface area contributed by atoms with Gasteiger partial charge in [-0.2, -0.15) is 0 Å². The van der Waals surface area contributed by atoms with Crippen molar-refractivity contribution >= 4 is 6.03 Å². The molecule has 0 saturated carbocycles. The fourth-order valence-corrected chi connectivity index (χ4v) is 1.47. The summed E-state index contributed by atoms with van der Waals surface area (Å²) in [5, 5.41) is 5.58. The molecule has 2 amide bonds. The minimum absolute atomic E-state index is 0.106. The number of carbonyl (C=O) groups excluding carboxylic acids is 1. The summed E-state index contributed by atoms with van der Waals surface area (Å²) in [7, 11) is 2.06. The second kappa shape index (κ2) is 5.04. The van der Waals surface area contributed by atoms with Gasteiger partial charge in [0.2, 0.25) is 0 Å². The number of likely N-dealkylation sites (tertiary alicyclic amines) is 1. The Kier molecular flexibility index (Phi) is 3.98. The van der Waals surface area contributed by atoms with Gasteiger partial charge in [0.25, 0.3) is 0 Å². The van der Waals surface area contributed by atoms with Crippen LogP contribution in [0.25, 0.3) is 0 Å². The highest BCUT2D eigenvalue weighted by atomic mass is 16.2. The van der Waals surface area contributed by atoms with E-state index < -0.39 is 0 Å². The van der Waals surface area contributed by atoms with Crippen molar-refractivity contribution in [3.8, 4) is 0 Å². The van der Waals surface area contributed by atoms with Gasteiger partial charge in [0.05, 0.1) is 0 Å². The van der Waals surface area contributed by atoms with Crippen LogP contribution in [0.15, 0.2) is 0 Å². The fraction of sp³-hybridized carbons (Fsp3) is 0.875. The van der Waals surface area contributed by atoms with E-state index in [4.69, 9.17) is 5.73 Å². The average molecular weight is 186 g/mol. The highest BCUT2D eigenvalue weighted by Gasteiger charge is 2.20. The van der Waals surface area contributed by atoms with Crippen molar-refractivity contribution in [1.82, 2.24) is 15.5 Å². The fourth-order valence-electron chi connectivity index (χ4n) is 1.47. The molecule has 0 aromatic rings. The number of hydrogen-bond acceptors (Lipinski definition) is 3. The van der Waals surface area contributed by atoms with E-state index in [9.17, 15) is 4.79 Å². The molecule has 0 radical (unpaired) electrons. The van der Waals surface area contributed by atoms with Gasteiger partial charge in [0.1, 0.15) is 0 Å². The van der Waals surface area contributed by atoms with Crippen LogP contribution in [0.4, 0.5) is 4.79 Å². The number of urea groups is 1. The molecular weight excluding hydrogens is 168 g/mol. The molecule has 1 aliphatic heterocycles. The molecule has 0 aromatic carbocycles. The quantitative estimate of drug-likeness (QED) is 0.526. The lowest BCUT2D eigenvalue weighted by Gasteiger charge is -2.13. The molecule has 5 nitrogen and oxygen atoms in total. The number of rotatable bonds is 3. The van der Waals surface area contributed by atoms with Gasteiger partial charge < -0.3 is 21.3 Å². The number of carbonyl (C=O) groups is 1. The van der Waals surface area contributed by atoms with Crippen molar-refractivity contribution in [2.75, 3.05) is 33.2 Å². The first-order valence-electron chi connectivity index (χ1n) is 4.65. The maximum Gasteiger partial charge on any atom is 0.315 e. The standard InChI is InChI=1S/C8H18N4O/c1-12-5-2-7(6-12)11-8(13)10-4-3-9/h7H,2-6,9H2,1H3,(H2,10,11,13). The molecule has 1 heterocycles. The van der Waals surface area contributed by atoms with E-state index in [0.29, 0.717) is 19.1 Å². The van der Waals surface area contributed by atoms with E-state index in [1.165, 1.54) is 0 Å². The molecule has 1 atom stereocenters. The number of nitrogens with zero attached hydrogens (tertiary/aromatic N) is 1. The summed E-state index contributed by atoms with van der Waals surface area (Å²) >= 11 is 0. The molecule has 5 heteroatoms. The van der Waals surface area contributed by atoms with Crippen LogP contribution < -0.4 is 16.4 Å². The second-order valence-electron chi connectivity index (χ2n) is 3.44. The minimum atomic E-state index is -0.106. The summed E-state index contributed by atoms with van der Waals surface area (Å²) in [4.78, 5) is 13.4. The lowest BCUT2D eigenvalue weighted by molar-refractivity contribution is 0.237. The van der Waals surface area contributed by atoms with E-state index in [-0.39, 0.29) is 6.03 Å². The minimum Gasteiger partial charge on any atom is -0.337 e. The van der Waals surface area contributed by atoms with Gasteiger partial charge in [-0.15, -0.1) is 0 Å². The molecular formula is C8H18N4O. The highest BCUT2D eigenvalue weighted by Crippen LogP contribution is 2.05. The summed E-state index contributed by atoms with van der Waals surface area (Å²) in [6.07, 6.45) is 1.03. The number of amides is 2. The molecule has 4 N–H and O–H groups in total. The van der Waals surface area contributed by atoms with Crippen LogP contribution in [0.1, 0.15) is 6.42 Å². The first-order valence-corrected chi connectivity index (χ1v) is 4.65. The third kappa shape index (κ3) is 3.61. The molecule has 0 aliphatic carbocycles. The molecule has 13 heavy (non-hydrogen) atoms. The van der Waals surface area contributed by atoms with Gasteiger partial charge in [-0.25, -0.2) is 4.79 Å². The third-order valence-electron chi connectivity index (χ3n) is 2.16. The van der Waals surface area contributed by atoms with Gasteiger partial charge in [-0.05, 0) is 20.0 Å². The van der Waals surface area contributed by atoms with Crippen LogP contribution in [-0.2, 0) is 0 Å². The summed E-state index contributed by atoms with van der Waals surface area (Å²) in [5.41, 5.74) is 5.26. The molecule has 1 fully saturated rings. The highest BCUT2D eigenvalue weighted by molar-refractivity contribution is 5.74. The van der Waals surface area contributed by atoms with Gasteiger partial charge in [-0.1, -0.05) is 0 Å². The van der Waals surface area contributed by atoms with E-state index in [1.807, 2.05) is 0 Å². The van der Waals surface area contributed by atoms with Crippen LogP contribution >= 0.6 is 0 Å². The Morgan fingerprint density at radius 2 is 2.46 bits per heavy atom. The Labute approximate surface area is 78.6 Å². The molecule has 1 saturated heterocycles. The van der Waals surface area contributed by atoms with Crippen LogP contribution in [0.2, 0.25) is 0 Å². The topological polar surface area (TPSA) is 70.4 Å². The van der Waals surface area contributed by atoms with Crippen molar-refractivity contribution in [3.63, 3.8) is 0 Å². The second-order valence-corrected chi connectivity index (χ2v) is 3.44. The zero-order valence-electron chi connectivity index (χ0n) is 8.05. The number of nitrogens with one attached hydrogen (secondary N) is 2. The lowest BCUT2D eigenvalue weighted by Crippen LogP contribution is -2.44. The maximum absolute atomic E-state index is 11.2. The van der Waals surface area contributed by atoms with Gasteiger partial charge in [-0.3, -0.25) is 0 Å². The number of hydrogen-bond donors (Lipinski definition) is 3. The number of nitrogens with two attached hydrogens (primary N) is 1. The summed E-state index contributed by atoms with van der Waals surface area (Å²) in [5.74, 6) is 0. The zero-order valence-corrected chi connectivity index (χ0v) is 8.05. The predicted octanol–water partition coefficient (Wildman–Crippen LogP) is -1.05. The van der Waals surface area contributed by atoms with Crippen molar-refractivity contribution in [2.45, 2.75) is 12.5 Å². The molecule has 0 aromatic heterocycles. The van der Waals surface area contributed by atoms with Gasteiger partial charge in [0.15, 0.2) is 0 Å².